The second-order valence-corrected chi connectivity index (χ2v) is 2.74. The fourth-order valence-corrected chi connectivity index (χ4v) is 1.21. The van der Waals surface area contributed by atoms with E-state index in [9.17, 15) is 9.90 Å². The number of hydrogen-bond donors (Lipinski definition) is 0. The molecule has 1 aliphatic heterocycles. The standard InChI is InChI=1S/C10H8O4.Na/c11-4-3-8(12)7-1-2-9-10(5-7)14-6-13-9;/h1-5,11H,6H2;/p-1/b4-3+;. The van der Waals surface area contributed by atoms with Gasteiger partial charge in [0.2, 0.25) is 6.79 Å². The van der Waals surface area contributed by atoms with E-state index >= 15 is 0 Å². The Balaban J connectivity index is 0.00000112. The Bertz CT molecular complexity index is 400. The first kappa shape index (κ1) is 12.1. The summed E-state index contributed by atoms with van der Waals surface area (Å²) >= 11 is 0. The first-order valence-corrected chi connectivity index (χ1v) is 4.04. The number of allylic oxidation sites excluding steroid dienone is 1. The molecule has 0 unspecified atom stereocenters. The third-order valence-corrected chi connectivity index (χ3v) is 1.88. The number of carbonyl (C=O) groups excluding carboxylic acids is 1. The van der Waals surface area contributed by atoms with E-state index in [1.54, 1.807) is 18.2 Å². The van der Waals surface area contributed by atoms with Crippen LogP contribution < -0.4 is 14.6 Å². The van der Waals surface area contributed by atoms with E-state index in [0.717, 1.165) is 6.08 Å². The number of ketones is 1. The molecule has 1 heterocycles. The SMILES string of the molecule is O=C(/C=C/[O-])c1ccc2c(c1)OCO2.[Na]. The van der Waals surface area contributed by atoms with Crippen molar-refractivity contribution < 1.29 is 19.4 Å². The summed E-state index contributed by atoms with van der Waals surface area (Å²) in [5, 5.41) is 10.1. The molecular formula is C10H7NaO4-. The average Bonchev–Trinajstić information content (AvgIpc) is 2.64. The van der Waals surface area contributed by atoms with Gasteiger partial charge in [-0.1, -0.05) is 0 Å². The van der Waals surface area contributed by atoms with Gasteiger partial charge in [-0.2, -0.15) is 0 Å². The van der Waals surface area contributed by atoms with Crippen molar-refractivity contribution in [1.29, 1.82) is 0 Å². The van der Waals surface area contributed by atoms with E-state index in [-0.39, 0.29) is 42.1 Å². The van der Waals surface area contributed by atoms with Crippen molar-refractivity contribution in [3.63, 3.8) is 0 Å². The van der Waals surface area contributed by atoms with Crippen LogP contribution in [0.5, 0.6) is 11.5 Å². The van der Waals surface area contributed by atoms with Gasteiger partial charge in [0.05, 0.1) is 0 Å². The number of rotatable bonds is 2. The minimum atomic E-state index is -0.335. The maximum atomic E-state index is 11.3. The number of carbonyl (C=O) groups is 1. The molecule has 2 rings (SSSR count). The molecule has 1 aromatic rings. The van der Waals surface area contributed by atoms with Crippen LogP contribution in [0.1, 0.15) is 10.4 Å². The molecule has 5 heteroatoms. The molecule has 4 nitrogen and oxygen atoms in total. The summed E-state index contributed by atoms with van der Waals surface area (Å²) in [7, 11) is 0. The smallest absolute Gasteiger partial charge is 0.231 e. The van der Waals surface area contributed by atoms with E-state index in [0.29, 0.717) is 23.3 Å². The van der Waals surface area contributed by atoms with Gasteiger partial charge in [0.15, 0.2) is 17.3 Å². The maximum absolute atomic E-state index is 11.3. The predicted molar refractivity (Wildman–Crippen MR) is 51.8 cm³/mol. The Labute approximate surface area is 109 Å². The van der Waals surface area contributed by atoms with Crippen LogP contribution in [0.4, 0.5) is 0 Å². The fraction of sp³-hybridized carbons (Fsp3) is 0.100. The molecule has 1 radical (unpaired) electrons. The number of benzene rings is 1. The monoisotopic (exact) mass is 214 g/mol. The van der Waals surface area contributed by atoms with Crippen molar-refractivity contribution in [3.05, 3.63) is 36.1 Å². The van der Waals surface area contributed by atoms with Gasteiger partial charge in [0.25, 0.3) is 0 Å². The molecule has 0 bridgehead atoms. The van der Waals surface area contributed by atoms with E-state index in [4.69, 9.17) is 9.47 Å². The maximum Gasteiger partial charge on any atom is 0.231 e. The van der Waals surface area contributed by atoms with Crippen molar-refractivity contribution in [2.24, 2.45) is 0 Å². The minimum absolute atomic E-state index is 0. The topological polar surface area (TPSA) is 58.6 Å². The van der Waals surface area contributed by atoms with Crippen LogP contribution in [-0.4, -0.2) is 42.1 Å². The Hall–Kier alpha value is -0.970. The van der Waals surface area contributed by atoms with E-state index < -0.39 is 0 Å². The second-order valence-electron chi connectivity index (χ2n) is 2.74. The summed E-state index contributed by atoms with van der Waals surface area (Å²) in [4.78, 5) is 11.3. The molecular weight excluding hydrogens is 207 g/mol. The van der Waals surface area contributed by atoms with Gasteiger partial charge in [0, 0.05) is 35.1 Å². The minimum Gasteiger partial charge on any atom is -0.878 e. The first-order chi connectivity index (χ1) is 6.81. The van der Waals surface area contributed by atoms with Gasteiger partial charge in [-0.05, 0) is 24.3 Å². The summed E-state index contributed by atoms with van der Waals surface area (Å²) in [6.45, 7) is 0.171. The molecule has 1 aliphatic rings. The molecule has 0 spiro atoms. The van der Waals surface area contributed by atoms with Crippen molar-refractivity contribution in [1.82, 2.24) is 0 Å². The third kappa shape index (κ3) is 2.53. The molecule has 1 aromatic carbocycles. The number of fused-ring (bicyclic) bond motifs is 1. The van der Waals surface area contributed by atoms with Gasteiger partial charge in [-0.3, -0.25) is 4.79 Å². The summed E-state index contributed by atoms with van der Waals surface area (Å²) in [5.41, 5.74) is 0.418. The Kier molecular flexibility index (Phi) is 4.20. The largest absolute Gasteiger partial charge is 0.878 e. The molecule has 0 fully saturated rings. The first-order valence-electron chi connectivity index (χ1n) is 4.04. The van der Waals surface area contributed by atoms with Crippen LogP contribution in [0.2, 0.25) is 0 Å². The van der Waals surface area contributed by atoms with Crippen LogP contribution in [0.15, 0.2) is 30.5 Å². The molecule has 0 N–H and O–H groups in total. The molecule has 0 aromatic heterocycles. The van der Waals surface area contributed by atoms with E-state index in [2.05, 4.69) is 0 Å². The van der Waals surface area contributed by atoms with Crippen LogP contribution in [0.25, 0.3) is 0 Å². The molecule has 0 saturated carbocycles. The zero-order chi connectivity index (χ0) is 9.97. The van der Waals surface area contributed by atoms with Gasteiger partial charge < -0.3 is 14.6 Å². The van der Waals surface area contributed by atoms with Crippen molar-refractivity contribution in [2.75, 3.05) is 6.79 Å². The van der Waals surface area contributed by atoms with Gasteiger partial charge in [0.1, 0.15) is 0 Å². The zero-order valence-electron chi connectivity index (χ0n) is 8.23. The predicted octanol–water partition coefficient (Wildman–Crippen LogP) is 0.0912. The fourth-order valence-electron chi connectivity index (χ4n) is 1.21. The summed E-state index contributed by atoms with van der Waals surface area (Å²) in [6.07, 6.45) is 1.43. The van der Waals surface area contributed by atoms with Gasteiger partial charge in [-0.15, -0.1) is 6.26 Å². The summed E-state index contributed by atoms with van der Waals surface area (Å²) in [6, 6.07) is 4.80. The third-order valence-electron chi connectivity index (χ3n) is 1.88. The van der Waals surface area contributed by atoms with Crippen LogP contribution >= 0.6 is 0 Å². The Morgan fingerprint density at radius 2 is 2.07 bits per heavy atom. The van der Waals surface area contributed by atoms with Gasteiger partial charge >= 0.3 is 0 Å². The van der Waals surface area contributed by atoms with Crippen LogP contribution in [0, 0.1) is 0 Å². The van der Waals surface area contributed by atoms with E-state index in [1.807, 2.05) is 0 Å². The number of ether oxygens (including phenoxy) is 2. The number of hydrogen-bond acceptors (Lipinski definition) is 4. The van der Waals surface area contributed by atoms with Gasteiger partial charge in [-0.25, -0.2) is 0 Å². The second kappa shape index (κ2) is 5.21. The molecule has 0 saturated heterocycles. The normalized spacial score (nSPS) is 12.5. The van der Waals surface area contributed by atoms with Crippen LogP contribution in [-0.2, 0) is 0 Å². The molecule has 0 atom stereocenters. The van der Waals surface area contributed by atoms with E-state index in [1.165, 1.54) is 0 Å². The summed E-state index contributed by atoms with van der Waals surface area (Å²) in [5.74, 6) is 0.820. The van der Waals surface area contributed by atoms with Crippen molar-refractivity contribution in [3.8, 4) is 11.5 Å². The average molecular weight is 214 g/mol. The Morgan fingerprint density at radius 1 is 1.33 bits per heavy atom. The molecule has 73 valence electrons. The summed E-state index contributed by atoms with van der Waals surface area (Å²) < 4.78 is 10.2. The molecule has 0 aliphatic carbocycles. The molecule has 15 heavy (non-hydrogen) atoms. The van der Waals surface area contributed by atoms with Crippen molar-refractivity contribution >= 4 is 35.3 Å². The Morgan fingerprint density at radius 3 is 2.80 bits per heavy atom. The zero-order valence-corrected chi connectivity index (χ0v) is 10.2. The van der Waals surface area contributed by atoms with Crippen LogP contribution in [0.3, 0.4) is 0 Å². The molecule has 0 amide bonds. The van der Waals surface area contributed by atoms with Crippen molar-refractivity contribution in [2.45, 2.75) is 0 Å². The quantitative estimate of drug-likeness (QED) is 0.303.